The lowest BCUT2D eigenvalue weighted by Gasteiger charge is -2.33. The molecule has 0 amide bonds. The summed E-state index contributed by atoms with van der Waals surface area (Å²) in [5.74, 6) is 0.508. The minimum absolute atomic E-state index is 0.270. The van der Waals surface area contributed by atoms with Gasteiger partial charge in [-0.05, 0) is 19.3 Å². The van der Waals surface area contributed by atoms with Gasteiger partial charge in [-0.25, -0.2) is 4.79 Å². The van der Waals surface area contributed by atoms with E-state index in [9.17, 15) is 4.79 Å². The monoisotopic (exact) mass is 212 g/mol. The van der Waals surface area contributed by atoms with Crippen molar-refractivity contribution in [2.75, 3.05) is 6.61 Å². The van der Waals surface area contributed by atoms with Gasteiger partial charge in [0.15, 0.2) is 0 Å². The van der Waals surface area contributed by atoms with Crippen LogP contribution in [0.4, 0.5) is 0 Å². The first-order valence-electron chi connectivity index (χ1n) is 5.52. The van der Waals surface area contributed by atoms with Crippen molar-refractivity contribution in [3.63, 3.8) is 0 Å². The van der Waals surface area contributed by atoms with Crippen LogP contribution < -0.4 is 0 Å². The van der Waals surface area contributed by atoms with E-state index in [1.807, 2.05) is 0 Å². The number of rotatable bonds is 3. The number of hydrogen-bond donors (Lipinski definition) is 0. The van der Waals surface area contributed by atoms with Crippen LogP contribution in [0, 0.1) is 11.8 Å². The average molecular weight is 212 g/mol. The molecule has 0 spiro atoms. The van der Waals surface area contributed by atoms with Crippen LogP contribution in [0.3, 0.4) is 0 Å². The van der Waals surface area contributed by atoms with Crippen molar-refractivity contribution in [2.24, 2.45) is 11.8 Å². The van der Waals surface area contributed by atoms with Crippen LogP contribution in [0.25, 0.3) is 0 Å². The molecule has 0 bridgehead atoms. The van der Waals surface area contributed by atoms with Gasteiger partial charge in [-0.3, -0.25) is 0 Å². The normalized spacial score (nSPS) is 31.0. The molecule has 1 saturated heterocycles. The molecule has 1 aliphatic heterocycles. The van der Waals surface area contributed by atoms with Crippen molar-refractivity contribution < 1.29 is 14.3 Å². The molecule has 0 aliphatic carbocycles. The van der Waals surface area contributed by atoms with Crippen LogP contribution in [0.15, 0.2) is 12.2 Å². The van der Waals surface area contributed by atoms with Gasteiger partial charge in [0, 0.05) is 11.5 Å². The SMILES string of the molecule is C=C(C)C(=O)OC1OCC(CC)CC1C. The van der Waals surface area contributed by atoms with Gasteiger partial charge in [0.25, 0.3) is 0 Å². The van der Waals surface area contributed by atoms with E-state index in [4.69, 9.17) is 9.47 Å². The van der Waals surface area contributed by atoms with Gasteiger partial charge in [0.05, 0.1) is 6.61 Å². The van der Waals surface area contributed by atoms with Gasteiger partial charge in [0.1, 0.15) is 0 Å². The second-order valence-corrected chi connectivity index (χ2v) is 4.37. The van der Waals surface area contributed by atoms with Crippen molar-refractivity contribution in [1.29, 1.82) is 0 Å². The smallest absolute Gasteiger partial charge is 0.335 e. The Kier molecular flexibility index (Phi) is 4.33. The van der Waals surface area contributed by atoms with E-state index < -0.39 is 6.29 Å². The highest BCUT2D eigenvalue weighted by Gasteiger charge is 2.30. The summed E-state index contributed by atoms with van der Waals surface area (Å²) in [5, 5.41) is 0. The first-order chi connectivity index (χ1) is 7.04. The molecule has 3 heteroatoms. The number of carbonyl (C=O) groups excluding carboxylic acids is 1. The van der Waals surface area contributed by atoms with E-state index in [1.165, 1.54) is 0 Å². The summed E-state index contributed by atoms with van der Waals surface area (Å²) < 4.78 is 10.7. The van der Waals surface area contributed by atoms with E-state index >= 15 is 0 Å². The topological polar surface area (TPSA) is 35.5 Å². The lowest BCUT2D eigenvalue weighted by Crippen LogP contribution is -2.36. The lowest BCUT2D eigenvalue weighted by molar-refractivity contribution is -0.204. The van der Waals surface area contributed by atoms with E-state index in [-0.39, 0.29) is 11.9 Å². The fraction of sp³-hybridized carbons (Fsp3) is 0.750. The fourth-order valence-electron chi connectivity index (χ4n) is 1.74. The number of carbonyl (C=O) groups is 1. The highest BCUT2D eigenvalue weighted by Crippen LogP contribution is 2.27. The molecule has 86 valence electrons. The van der Waals surface area contributed by atoms with Crippen LogP contribution in [-0.2, 0) is 14.3 Å². The highest BCUT2D eigenvalue weighted by molar-refractivity contribution is 5.87. The molecular weight excluding hydrogens is 192 g/mol. The zero-order chi connectivity index (χ0) is 11.4. The first kappa shape index (κ1) is 12.2. The van der Waals surface area contributed by atoms with Gasteiger partial charge < -0.3 is 9.47 Å². The third kappa shape index (κ3) is 3.34. The summed E-state index contributed by atoms with van der Waals surface area (Å²) in [7, 11) is 0. The first-order valence-corrected chi connectivity index (χ1v) is 5.52. The second-order valence-electron chi connectivity index (χ2n) is 4.37. The predicted octanol–water partition coefficient (Wildman–Crippen LogP) is 2.51. The van der Waals surface area contributed by atoms with Crippen LogP contribution >= 0.6 is 0 Å². The minimum Gasteiger partial charge on any atom is -0.432 e. The van der Waals surface area contributed by atoms with E-state index in [2.05, 4.69) is 20.4 Å². The Morgan fingerprint density at radius 1 is 1.60 bits per heavy atom. The lowest BCUT2D eigenvalue weighted by atomic mass is 9.91. The molecule has 1 aliphatic rings. The molecule has 3 atom stereocenters. The largest absolute Gasteiger partial charge is 0.432 e. The Morgan fingerprint density at radius 2 is 2.27 bits per heavy atom. The fourth-order valence-corrected chi connectivity index (χ4v) is 1.74. The van der Waals surface area contributed by atoms with Crippen LogP contribution in [-0.4, -0.2) is 18.9 Å². The molecule has 0 aromatic heterocycles. The summed E-state index contributed by atoms with van der Waals surface area (Å²) >= 11 is 0. The molecule has 0 N–H and O–H groups in total. The molecule has 0 radical (unpaired) electrons. The van der Waals surface area contributed by atoms with Gasteiger partial charge in [-0.1, -0.05) is 26.8 Å². The van der Waals surface area contributed by atoms with Crippen molar-refractivity contribution in [1.82, 2.24) is 0 Å². The Bertz CT molecular complexity index is 247. The van der Waals surface area contributed by atoms with Crippen molar-refractivity contribution in [2.45, 2.75) is 39.9 Å². The Balaban J connectivity index is 2.44. The number of esters is 1. The summed E-state index contributed by atoms with van der Waals surface area (Å²) in [5.41, 5.74) is 0.420. The molecule has 1 rings (SSSR count). The van der Waals surface area contributed by atoms with E-state index in [0.717, 1.165) is 12.8 Å². The summed E-state index contributed by atoms with van der Waals surface area (Å²) in [6, 6.07) is 0. The predicted molar refractivity (Wildman–Crippen MR) is 58.2 cm³/mol. The molecule has 0 aromatic carbocycles. The highest BCUT2D eigenvalue weighted by atomic mass is 16.7. The molecule has 3 unspecified atom stereocenters. The maximum Gasteiger partial charge on any atom is 0.335 e. The van der Waals surface area contributed by atoms with Crippen molar-refractivity contribution in [3.05, 3.63) is 12.2 Å². The number of ether oxygens (including phenoxy) is 2. The summed E-state index contributed by atoms with van der Waals surface area (Å²) in [6.07, 6.45) is 1.79. The number of hydrogen-bond acceptors (Lipinski definition) is 3. The maximum absolute atomic E-state index is 11.3. The quantitative estimate of drug-likeness (QED) is 0.532. The average Bonchev–Trinajstić information content (AvgIpc) is 2.20. The van der Waals surface area contributed by atoms with Crippen molar-refractivity contribution in [3.8, 4) is 0 Å². The van der Waals surface area contributed by atoms with Crippen LogP contribution in [0.2, 0.25) is 0 Å². The molecular formula is C12H20O3. The van der Waals surface area contributed by atoms with Crippen LogP contribution in [0.5, 0.6) is 0 Å². The zero-order valence-electron chi connectivity index (χ0n) is 9.79. The summed E-state index contributed by atoms with van der Waals surface area (Å²) in [4.78, 5) is 11.3. The third-order valence-electron chi connectivity index (χ3n) is 2.81. The molecule has 3 nitrogen and oxygen atoms in total. The van der Waals surface area contributed by atoms with Gasteiger partial charge in [-0.2, -0.15) is 0 Å². The molecule has 1 fully saturated rings. The Hall–Kier alpha value is -0.830. The molecule has 15 heavy (non-hydrogen) atoms. The Morgan fingerprint density at radius 3 is 2.73 bits per heavy atom. The van der Waals surface area contributed by atoms with Gasteiger partial charge in [0.2, 0.25) is 6.29 Å². The Labute approximate surface area is 91.4 Å². The van der Waals surface area contributed by atoms with E-state index in [0.29, 0.717) is 18.1 Å². The van der Waals surface area contributed by atoms with Crippen LogP contribution in [0.1, 0.15) is 33.6 Å². The maximum atomic E-state index is 11.3. The molecule has 1 heterocycles. The van der Waals surface area contributed by atoms with Gasteiger partial charge >= 0.3 is 5.97 Å². The zero-order valence-corrected chi connectivity index (χ0v) is 9.79. The second kappa shape index (κ2) is 5.31. The standard InChI is InChI=1S/C12H20O3/c1-5-10-6-9(4)12(14-7-10)15-11(13)8(2)3/h9-10,12H,2,5-7H2,1,3-4H3. The molecule has 0 aromatic rings. The molecule has 0 saturated carbocycles. The van der Waals surface area contributed by atoms with Crippen molar-refractivity contribution >= 4 is 5.97 Å². The summed E-state index contributed by atoms with van der Waals surface area (Å²) in [6.45, 7) is 10.1. The minimum atomic E-state index is -0.392. The van der Waals surface area contributed by atoms with E-state index in [1.54, 1.807) is 6.92 Å². The third-order valence-corrected chi connectivity index (χ3v) is 2.81. The van der Waals surface area contributed by atoms with Gasteiger partial charge in [-0.15, -0.1) is 0 Å².